The Labute approximate surface area is 176 Å². The van der Waals surface area contributed by atoms with Crippen molar-refractivity contribution in [1.82, 2.24) is 0 Å². The SMILES string of the molecule is C=C1C(=O)O[C@H]2C/C(COC(C)=O)=C\C[C@@H]3O[C@]3(COC(=O)CC(C)C)[C@H](O)C[C@H]12. The molecule has 0 bridgehead atoms. The molecule has 0 unspecified atom stereocenters. The van der Waals surface area contributed by atoms with Crippen LogP contribution in [0.2, 0.25) is 0 Å². The molecular formula is C22H30O8. The molecule has 30 heavy (non-hydrogen) atoms. The lowest BCUT2D eigenvalue weighted by molar-refractivity contribution is -0.148. The lowest BCUT2D eigenvalue weighted by Crippen LogP contribution is -2.40. The quantitative estimate of drug-likeness (QED) is 0.227. The molecule has 0 saturated carbocycles. The predicted molar refractivity (Wildman–Crippen MR) is 105 cm³/mol. The first-order valence-corrected chi connectivity index (χ1v) is 10.3. The highest BCUT2D eigenvalue weighted by molar-refractivity contribution is 5.90. The molecule has 8 heteroatoms. The Morgan fingerprint density at radius 2 is 2.10 bits per heavy atom. The van der Waals surface area contributed by atoms with Crippen LogP contribution in [0.1, 0.15) is 46.5 Å². The molecule has 2 saturated heterocycles. The number of hydrogen-bond donors (Lipinski definition) is 1. The number of epoxide rings is 1. The third kappa shape index (κ3) is 4.92. The monoisotopic (exact) mass is 422 g/mol. The smallest absolute Gasteiger partial charge is 0.334 e. The lowest BCUT2D eigenvalue weighted by Gasteiger charge is -2.26. The van der Waals surface area contributed by atoms with Gasteiger partial charge >= 0.3 is 17.9 Å². The largest absolute Gasteiger partial charge is 0.462 e. The average molecular weight is 422 g/mol. The van der Waals surface area contributed by atoms with Gasteiger partial charge in [-0.3, -0.25) is 9.59 Å². The van der Waals surface area contributed by atoms with Gasteiger partial charge in [0.25, 0.3) is 0 Å². The second-order valence-electron chi connectivity index (χ2n) is 8.73. The highest BCUT2D eigenvalue weighted by Crippen LogP contribution is 2.47. The molecule has 3 rings (SSSR count). The molecule has 1 aliphatic carbocycles. The zero-order chi connectivity index (χ0) is 22.1. The molecule has 5 atom stereocenters. The Morgan fingerprint density at radius 1 is 1.37 bits per heavy atom. The summed E-state index contributed by atoms with van der Waals surface area (Å²) in [6.45, 7) is 9.04. The maximum Gasteiger partial charge on any atom is 0.334 e. The van der Waals surface area contributed by atoms with E-state index < -0.39 is 35.7 Å². The van der Waals surface area contributed by atoms with Crippen LogP contribution >= 0.6 is 0 Å². The topological polar surface area (TPSA) is 112 Å². The van der Waals surface area contributed by atoms with Crippen LogP contribution in [0.5, 0.6) is 0 Å². The van der Waals surface area contributed by atoms with Gasteiger partial charge in [0.05, 0.1) is 12.2 Å². The number of carbonyl (C=O) groups is 3. The Morgan fingerprint density at radius 3 is 2.77 bits per heavy atom. The van der Waals surface area contributed by atoms with Crippen molar-refractivity contribution >= 4 is 17.9 Å². The number of carbonyl (C=O) groups excluding carboxylic acids is 3. The highest BCUT2D eigenvalue weighted by Gasteiger charge is 2.62. The van der Waals surface area contributed by atoms with Crippen molar-refractivity contribution in [3.05, 3.63) is 23.8 Å². The number of fused-ring (bicyclic) bond motifs is 2. The molecule has 0 aromatic heterocycles. The fraction of sp³-hybridized carbons (Fsp3) is 0.682. The first-order valence-electron chi connectivity index (χ1n) is 10.3. The van der Waals surface area contributed by atoms with Gasteiger partial charge in [-0.2, -0.15) is 0 Å². The third-order valence-electron chi connectivity index (χ3n) is 5.89. The fourth-order valence-electron chi connectivity index (χ4n) is 4.10. The van der Waals surface area contributed by atoms with Crippen LogP contribution in [0.25, 0.3) is 0 Å². The van der Waals surface area contributed by atoms with E-state index in [4.69, 9.17) is 18.9 Å². The van der Waals surface area contributed by atoms with Crippen molar-refractivity contribution in [2.24, 2.45) is 11.8 Å². The summed E-state index contributed by atoms with van der Waals surface area (Å²) in [5.41, 5.74) is 0.0830. The molecule has 3 aliphatic rings. The van der Waals surface area contributed by atoms with E-state index in [0.717, 1.165) is 5.57 Å². The molecule has 1 N–H and O–H groups in total. The molecule has 2 aliphatic heterocycles. The number of ether oxygens (including phenoxy) is 4. The van der Waals surface area contributed by atoms with E-state index in [1.54, 1.807) is 0 Å². The van der Waals surface area contributed by atoms with E-state index in [2.05, 4.69) is 6.58 Å². The van der Waals surface area contributed by atoms with Gasteiger partial charge < -0.3 is 24.1 Å². The van der Waals surface area contributed by atoms with Gasteiger partial charge in [0.15, 0.2) is 5.60 Å². The molecule has 0 aromatic rings. The van der Waals surface area contributed by atoms with E-state index >= 15 is 0 Å². The summed E-state index contributed by atoms with van der Waals surface area (Å²) in [6, 6.07) is 0. The predicted octanol–water partition coefficient (Wildman–Crippen LogP) is 1.85. The minimum atomic E-state index is -1.02. The normalized spacial score (nSPS) is 34.9. The van der Waals surface area contributed by atoms with Gasteiger partial charge in [0.2, 0.25) is 0 Å². The lowest BCUT2D eigenvalue weighted by atomic mass is 9.82. The van der Waals surface area contributed by atoms with Crippen molar-refractivity contribution in [3.8, 4) is 0 Å². The van der Waals surface area contributed by atoms with E-state index in [-0.39, 0.29) is 44.0 Å². The summed E-state index contributed by atoms with van der Waals surface area (Å²) in [5.74, 6) is -1.47. The first-order chi connectivity index (χ1) is 14.1. The minimum absolute atomic E-state index is 0.0594. The van der Waals surface area contributed by atoms with Crippen molar-refractivity contribution in [3.63, 3.8) is 0 Å². The van der Waals surface area contributed by atoms with E-state index in [1.807, 2.05) is 19.9 Å². The number of rotatable bonds is 6. The van der Waals surface area contributed by atoms with Gasteiger partial charge in [-0.25, -0.2) is 4.79 Å². The Balaban J connectivity index is 1.79. The van der Waals surface area contributed by atoms with Crippen molar-refractivity contribution in [2.75, 3.05) is 13.2 Å². The molecular weight excluding hydrogens is 392 g/mol. The van der Waals surface area contributed by atoms with Gasteiger partial charge in [-0.1, -0.05) is 26.5 Å². The zero-order valence-electron chi connectivity index (χ0n) is 17.7. The highest BCUT2D eigenvalue weighted by atomic mass is 16.7. The molecule has 0 spiro atoms. The minimum Gasteiger partial charge on any atom is -0.462 e. The standard InChI is InChI=1S/C22H30O8/c1-12(2)7-20(25)28-11-22-18(24)9-16-13(3)21(26)29-17(16)8-15(10-27-14(4)23)5-6-19(22)30-22/h5,12,16-19,24H,3,6-11H2,1-2,4H3/b15-5+/t16-,17+,18-,19+,22-/m1/s1. The first kappa shape index (κ1) is 22.5. The van der Waals surface area contributed by atoms with E-state index in [1.165, 1.54) is 6.92 Å². The van der Waals surface area contributed by atoms with Crippen LogP contribution in [0.4, 0.5) is 0 Å². The summed E-state index contributed by atoms with van der Waals surface area (Å²) < 4.78 is 21.9. The second-order valence-corrected chi connectivity index (χ2v) is 8.73. The van der Waals surface area contributed by atoms with E-state index in [9.17, 15) is 19.5 Å². The molecule has 0 amide bonds. The number of esters is 3. The van der Waals surface area contributed by atoms with Gasteiger partial charge in [0.1, 0.15) is 19.3 Å². The van der Waals surface area contributed by atoms with Crippen molar-refractivity contribution < 1.29 is 38.4 Å². The Kier molecular flexibility index (Phi) is 6.67. The molecule has 8 nitrogen and oxygen atoms in total. The van der Waals surface area contributed by atoms with Crippen molar-refractivity contribution in [1.29, 1.82) is 0 Å². The maximum atomic E-state index is 12.1. The summed E-state index contributed by atoms with van der Waals surface area (Å²) in [4.78, 5) is 35.3. The van der Waals surface area contributed by atoms with Crippen molar-refractivity contribution in [2.45, 2.75) is 70.4 Å². The summed E-state index contributed by atoms with van der Waals surface area (Å²) in [6.07, 6.45) is 1.43. The van der Waals surface area contributed by atoms with Crippen LogP contribution in [-0.2, 0) is 33.3 Å². The third-order valence-corrected chi connectivity index (χ3v) is 5.89. The summed E-state index contributed by atoms with van der Waals surface area (Å²) in [5, 5.41) is 11.0. The molecule has 2 heterocycles. The molecule has 2 fully saturated rings. The van der Waals surface area contributed by atoms with E-state index in [0.29, 0.717) is 18.4 Å². The molecule has 0 aromatic carbocycles. The average Bonchev–Trinajstić information content (AvgIpc) is 3.32. The number of aliphatic hydroxyl groups excluding tert-OH is 1. The summed E-state index contributed by atoms with van der Waals surface area (Å²) in [7, 11) is 0. The summed E-state index contributed by atoms with van der Waals surface area (Å²) >= 11 is 0. The Bertz CT molecular complexity index is 754. The van der Waals surface area contributed by atoms with Gasteiger partial charge in [-0.05, 0) is 24.3 Å². The van der Waals surface area contributed by atoms with Crippen LogP contribution in [0, 0.1) is 11.8 Å². The molecule has 166 valence electrons. The number of aliphatic hydroxyl groups is 1. The van der Waals surface area contributed by atoms with Gasteiger partial charge in [0, 0.05) is 31.3 Å². The van der Waals surface area contributed by atoms with Crippen LogP contribution in [0.3, 0.4) is 0 Å². The van der Waals surface area contributed by atoms with Crippen LogP contribution in [-0.4, -0.2) is 60.1 Å². The van der Waals surface area contributed by atoms with Crippen LogP contribution in [0.15, 0.2) is 23.8 Å². The zero-order valence-corrected chi connectivity index (χ0v) is 17.7. The van der Waals surface area contributed by atoms with Crippen LogP contribution < -0.4 is 0 Å². The van der Waals surface area contributed by atoms with Gasteiger partial charge in [-0.15, -0.1) is 0 Å². The second kappa shape index (κ2) is 8.89. The Hall–Kier alpha value is -2.19. The fourth-order valence-corrected chi connectivity index (χ4v) is 4.10. The maximum absolute atomic E-state index is 12.1. The molecule has 0 radical (unpaired) electrons. The number of hydrogen-bond acceptors (Lipinski definition) is 8.